The van der Waals surface area contributed by atoms with Crippen molar-refractivity contribution in [3.8, 4) is 0 Å². The van der Waals surface area contributed by atoms with E-state index in [1.807, 2.05) is 0 Å². The van der Waals surface area contributed by atoms with Gasteiger partial charge in [0.05, 0.1) is 0 Å². The van der Waals surface area contributed by atoms with Crippen molar-refractivity contribution in [3.63, 3.8) is 0 Å². The molecule has 0 N–H and O–H groups in total. The first-order valence-electron chi connectivity index (χ1n) is 3.62. The highest BCUT2D eigenvalue weighted by atomic mass is 35.5. The van der Waals surface area contributed by atoms with Crippen molar-refractivity contribution in [2.24, 2.45) is 0 Å². The summed E-state index contributed by atoms with van der Waals surface area (Å²) in [5, 5.41) is 0.484. The van der Waals surface area contributed by atoms with Crippen molar-refractivity contribution >= 4 is 17.9 Å². The molecule has 0 heterocycles. The number of carbonyl (C=O) groups is 1. The van der Waals surface area contributed by atoms with E-state index in [0.717, 1.165) is 0 Å². The van der Waals surface area contributed by atoms with E-state index in [1.54, 1.807) is 0 Å². The normalized spacial score (nSPS) is 11.3. The molecular weight excluding hydrogens is 198 g/mol. The summed E-state index contributed by atoms with van der Waals surface area (Å²) in [7, 11) is 0. The van der Waals surface area contributed by atoms with Crippen LogP contribution in [0.25, 0.3) is 0 Å². The van der Waals surface area contributed by atoms with Crippen LogP contribution in [0.15, 0.2) is 24.3 Å². The quantitative estimate of drug-likeness (QED) is 0.692. The Bertz CT molecular complexity index is 295. The van der Waals surface area contributed by atoms with Crippen molar-refractivity contribution < 1.29 is 13.6 Å². The summed E-state index contributed by atoms with van der Waals surface area (Å²) in [6.07, 6.45) is -0.921. The zero-order chi connectivity index (χ0) is 9.90. The molecule has 13 heavy (non-hydrogen) atoms. The van der Waals surface area contributed by atoms with E-state index in [-0.39, 0.29) is 6.29 Å². The number of aldehydes is 1. The van der Waals surface area contributed by atoms with Crippen molar-refractivity contribution in [2.75, 3.05) is 0 Å². The molecule has 1 aromatic rings. The minimum absolute atomic E-state index is 0.346. The lowest BCUT2D eigenvalue weighted by atomic mass is 10.1. The maximum absolute atomic E-state index is 12.5. The van der Waals surface area contributed by atoms with Gasteiger partial charge in [0.15, 0.2) is 6.29 Å². The molecule has 0 atom stereocenters. The molecule has 0 aliphatic heterocycles. The van der Waals surface area contributed by atoms with E-state index in [4.69, 9.17) is 11.6 Å². The van der Waals surface area contributed by atoms with Crippen LogP contribution in [0.1, 0.15) is 5.56 Å². The Hall–Kier alpha value is -0.960. The third kappa shape index (κ3) is 3.11. The highest BCUT2D eigenvalue weighted by Crippen LogP contribution is 2.18. The molecule has 4 heteroatoms. The number of halogens is 3. The van der Waals surface area contributed by atoms with Gasteiger partial charge in [-0.25, -0.2) is 0 Å². The van der Waals surface area contributed by atoms with Crippen molar-refractivity contribution in [1.29, 1.82) is 0 Å². The van der Waals surface area contributed by atoms with Crippen LogP contribution < -0.4 is 0 Å². The fourth-order valence-electron chi connectivity index (χ4n) is 0.916. The van der Waals surface area contributed by atoms with Crippen molar-refractivity contribution in [1.82, 2.24) is 0 Å². The van der Waals surface area contributed by atoms with Gasteiger partial charge in [-0.3, -0.25) is 4.79 Å². The standard InChI is InChI=1S/C9H7ClF2O/c10-8-3-1-7(2-4-8)5-9(11,12)6-13/h1-4,6H,5H2. The fourth-order valence-corrected chi connectivity index (χ4v) is 1.04. The van der Waals surface area contributed by atoms with E-state index >= 15 is 0 Å². The van der Waals surface area contributed by atoms with Crippen molar-refractivity contribution in [3.05, 3.63) is 34.9 Å². The molecule has 0 bridgehead atoms. The molecule has 1 aromatic carbocycles. The number of carbonyl (C=O) groups excluding carboxylic acids is 1. The van der Waals surface area contributed by atoms with Crippen LogP contribution in [0, 0.1) is 0 Å². The average molecular weight is 205 g/mol. The molecule has 0 fully saturated rings. The minimum atomic E-state index is -3.28. The largest absolute Gasteiger partial charge is 0.306 e. The Balaban J connectivity index is 2.75. The monoisotopic (exact) mass is 204 g/mol. The van der Waals surface area contributed by atoms with Crippen LogP contribution in [0.3, 0.4) is 0 Å². The molecule has 0 aromatic heterocycles. The summed E-state index contributed by atoms with van der Waals surface area (Å²) in [4.78, 5) is 9.92. The second-order valence-corrected chi connectivity index (χ2v) is 3.12. The lowest BCUT2D eigenvalue weighted by Crippen LogP contribution is -2.20. The molecule has 0 aliphatic rings. The zero-order valence-electron chi connectivity index (χ0n) is 6.64. The van der Waals surface area contributed by atoms with E-state index in [0.29, 0.717) is 10.6 Å². The first-order valence-corrected chi connectivity index (χ1v) is 4.00. The third-order valence-corrected chi connectivity index (χ3v) is 1.78. The lowest BCUT2D eigenvalue weighted by molar-refractivity contribution is -0.128. The summed E-state index contributed by atoms with van der Waals surface area (Å²) >= 11 is 5.56. The fraction of sp³-hybridized carbons (Fsp3) is 0.222. The van der Waals surface area contributed by atoms with E-state index in [9.17, 15) is 13.6 Å². The van der Waals surface area contributed by atoms with Gasteiger partial charge in [-0.2, -0.15) is 8.78 Å². The summed E-state index contributed by atoms with van der Waals surface area (Å²) in [5.74, 6) is -3.28. The predicted molar refractivity (Wildman–Crippen MR) is 46.2 cm³/mol. The summed E-state index contributed by atoms with van der Waals surface area (Å²) < 4.78 is 25.1. The van der Waals surface area contributed by atoms with Gasteiger partial charge in [-0.15, -0.1) is 0 Å². The van der Waals surface area contributed by atoms with E-state index in [1.165, 1.54) is 24.3 Å². The van der Waals surface area contributed by atoms with Crippen LogP contribution in [-0.2, 0) is 11.2 Å². The van der Waals surface area contributed by atoms with Gasteiger partial charge in [0.1, 0.15) is 0 Å². The van der Waals surface area contributed by atoms with Gasteiger partial charge >= 0.3 is 5.92 Å². The molecule has 0 unspecified atom stereocenters. The average Bonchev–Trinajstić information content (AvgIpc) is 2.09. The van der Waals surface area contributed by atoms with E-state index < -0.39 is 12.3 Å². The molecule has 0 amide bonds. The molecule has 0 spiro atoms. The lowest BCUT2D eigenvalue weighted by Gasteiger charge is -2.07. The SMILES string of the molecule is O=CC(F)(F)Cc1ccc(Cl)cc1. The Morgan fingerprint density at radius 1 is 1.31 bits per heavy atom. The second kappa shape index (κ2) is 3.83. The first kappa shape index (κ1) is 10.1. The van der Waals surface area contributed by atoms with Crippen LogP contribution in [0.5, 0.6) is 0 Å². The van der Waals surface area contributed by atoms with Gasteiger partial charge in [0, 0.05) is 11.4 Å². The molecule has 0 saturated carbocycles. The zero-order valence-corrected chi connectivity index (χ0v) is 7.39. The smallest absolute Gasteiger partial charge is 0.297 e. The van der Waals surface area contributed by atoms with Gasteiger partial charge < -0.3 is 0 Å². The van der Waals surface area contributed by atoms with Crippen LogP contribution >= 0.6 is 11.6 Å². The maximum atomic E-state index is 12.5. The minimum Gasteiger partial charge on any atom is -0.297 e. The van der Waals surface area contributed by atoms with Gasteiger partial charge in [0.2, 0.25) is 0 Å². The molecule has 70 valence electrons. The second-order valence-electron chi connectivity index (χ2n) is 2.68. The molecule has 0 saturated heterocycles. The molecular formula is C9H7ClF2O. The molecule has 0 radical (unpaired) electrons. The van der Waals surface area contributed by atoms with Gasteiger partial charge in [-0.05, 0) is 17.7 Å². The van der Waals surface area contributed by atoms with Crippen LogP contribution in [0.4, 0.5) is 8.78 Å². The summed E-state index contributed by atoms with van der Waals surface area (Å²) in [5.41, 5.74) is 0.390. The predicted octanol–water partition coefficient (Wildman–Crippen LogP) is 2.72. The number of hydrogen-bond donors (Lipinski definition) is 0. The molecule has 1 nitrogen and oxygen atoms in total. The Morgan fingerprint density at radius 2 is 1.85 bits per heavy atom. The number of hydrogen-bond acceptors (Lipinski definition) is 1. The highest BCUT2D eigenvalue weighted by Gasteiger charge is 2.27. The van der Waals surface area contributed by atoms with Gasteiger partial charge in [0.25, 0.3) is 0 Å². The highest BCUT2D eigenvalue weighted by molar-refractivity contribution is 6.30. The third-order valence-electron chi connectivity index (χ3n) is 1.53. The molecule has 1 rings (SSSR count). The van der Waals surface area contributed by atoms with Gasteiger partial charge in [-0.1, -0.05) is 23.7 Å². The summed E-state index contributed by atoms with van der Waals surface area (Å²) in [6, 6.07) is 5.97. The topological polar surface area (TPSA) is 17.1 Å². The Kier molecular flexibility index (Phi) is 2.98. The number of rotatable bonds is 3. The number of benzene rings is 1. The Labute approximate surface area is 79.3 Å². The first-order chi connectivity index (χ1) is 6.03. The molecule has 0 aliphatic carbocycles. The number of alkyl halides is 2. The Morgan fingerprint density at radius 3 is 2.31 bits per heavy atom. The summed E-state index contributed by atoms with van der Waals surface area (Å²) in [6.45, 7) is 0. The van der Waals surface area contributed by atoms with Crippen LogP contribution in [-0.4, -0.2) is 12.2 Å². The van der Waals surface area contributed by atoms with Crippen LogP contribution in [0.2, 0.25) is 5.02 Å². The van der Waals surface area contributed by atoms with Crippen molar-refractivity contribution in [2.45, 2.75) is 12.3 Å². The van der Waals surface area contributed by atoms with E-state index in [2.05, 4.69) is 0 Å². The maximum Gasteiger partial charge on any atom is 0.306 e.